The van der Waals surface area contributed by atoms with E-state index in [9.17, 15) is 0 Å². The molecule has 0 unspecified atom stereocenters. The van der Waals surface area contributed by atoms with Crippen LogP contribution in [0.1, 0.15) is 6.42 Å². The summed E-state index contributed by atoms with van der Waals surface area (Å²) in [5.41, 5.74) is 5.18. The average Bonchev–Trinajstić information content (AvgIpc) is 2.05. The van der Waals surface area contributed by atoms with Crippen LogP contribution in [0.4, 0.5) is 5.82 Å². The highest BCUT2D eigenvalue weighted by atomic mass is 15.0. The molecule has 0 radical (unpaired) electrons. The van der Waals surface area contributed by atoms with Crippen LogP contribution in [-0.4, -0.2) is 17.4 Å². The minimum Gasteiger partial charge on any atom is -0.388 e. The maximum Gasteiger partial charge on any atom is 0.125 e. The summed E-state index contributed by atoms with van der Waals surface area (Å²) < 4.78 is 0. The molecule has 0 bridgehead atoms. The Morgan fingerprint density at radius 2 is 2.42 bits per heavy atom. The van der Waals surface area contributed by atoms with Crippen molar-refractivity contribution < 1.29 is 0 Å². The van der Waals surface area contributed by atoms with E-state index in [1.54, 1.807) is 6.20 Å². The zero-order chi connectivity index (χ0) is 8.81. The Kier molecular flexibility index (Phi) is 3.07. The summed E-state index contributed by atoms with van der Waals surface area (Å²) in [5, 5.41) is 10.0. The summed E-state index contributed by atoms with van der Waals surface area (Å²) in [4.78, 5) is 4.05. The SMILES string of the molecule is N=C(N)CCNc1ccccn1. The molecule has 0 amide bonds. The molecule has 1 aromatic rings. The Hall–Kier alpha value is -1.58. The van der Waals surface area contributed by atoms with E-state index in [0.717, 1.165) is 5.82 Å². The van der Waals surface area contributed by atoms with Gasteiger partial charge in [0.15, 0.2) is 0 Å². The van der Waals surface area contributed by atoms with Gasteiger partial charge in [-0.2, -0.15) is 0 Å². The number of nitrogens with one attached hydrogen (secondary N) is 2. The van der Waals surface area contributed by atoms with Gasteiger partial charge in [-0.05, 0) is 12.1 Å². The molecular weight excluding hydrogens is 152 g/mol. The Labute approximate surface area is 71.3 Å². The van der Waals surface area contributed by atoms with E-state index in [0.29, 0.717) is 13.0 Å². The highest BCUT2D eigenvalue weighted by molar-refractivity contribution is 5.77. The van der Waals surface area contributed by atoms with E-state index >= 15 is 0 Å². The number of amidine groups is 1. The maximum atomic E-state index is 6.98. The molecule has 1 aromatic heterocycles. The van der Waals surface area contributed by atoms with Gasteiger partial charge in [0.05, 0.1) is 5.84 Å². The van der Waals surface area contributed by atoms with Crippen LogP contribution in [0.15, 0.2) is 24.4 Å². The van der Waals surface area contributed by atoms with Crippen LogP contribution >= 0.6 is 0 Å². The Bertz CT molecular complexity index is 244. The molecule has 0 saturated heterocycles. The van der Waals surface area contributed by atoms with E-state index in [1.165, 1.54) is 0 Å². The summed E-state index contributed by atoms with van der Waals surface area (Å²) in [6.07, 6.45) is 2.27. The first-order chi connectivity index (χ1) is 5.79. The van der Waals surface area contributed by atoms with E-state index < -0.39 is 0 Å². The quantitative estimate of drug-likeness (QED) is 0.455. The fraction of sp³-hybridized carbons (Fsp3) is 0.250. The monoisotopic (exact) mass is 164 g/mol. The molecule has 0 aliphatic heterocycles. The number of hydrogen-bond donors (Lipinski definition) is 3. The van der Waals surface area contributed by atoms with Gasteiger partial charge in [-0.15, -0.1) is 0 Å². The Balaban J connectivity index is 2.29. The molecule has 12 heavy (non-hydrogen) atoms. The van der Waals surface area contributed by atoms with Gasteiger partial charge in [-0.25, -0.2) is 4.98 Å². The summed E-state index contributed by atoms with van der Waals surface area (Å²) in [6.45, 7) is 0.659. The summed E-state index contributed by atoms with van der Waals surface area (Å²) in [7, 11) is 0. The number of nitrogens with zero attached hydrogens (tertiary/aromatic N) is 1. The third-order valence-electron chi connectivity index (χ3n) is 1.37. The zero-order valence-corrected chi connectivity index (χ0v) is 6.75. The lowest BCUT2D eigenvalue weighted by Crippen LogP contribution is -2.15. The largest absolute Gasteiger partial charge is 0.388 e. The van der Waals surface area contributed by atoms with Gasteiger partial charge in [-0.3, -0.25) is 5.41 Å². The zero-order valence-electron chi connectivity index (χ0n) is 6.75. The van der Waals surface area contributed by atoms with E-state index in [1.807, 2.05) is 18.2 Å². The standard InChI is InChI=1S/C8H12N4/c9-7(10)4-6-12-8-3-1-2-5-11-8/h1-3,5H,4,6H2,(H3,9,10)(H,11,12). The van der Waals surface area contributed by atoms with Crippen LogP contribution in [0.3, 0.4) is 0 Å². The first kappa shape index (κ1) is 8.52. The Morgan fingerprint density at radius 3 is 3.00 bits per heavy atom. The van der Waals surface area contributed by atoms with E-state index in [2.05, 4.69) is 10.3 Å². The second-order valence-corrected chi connectivity index (χ2v) is 2.42. The summed E-state index contributed by atoms with van der Waals surface area (Å²) >= 11 is 0. The third kappa shape index (κ3) is 3.01. The Morgan fingerprint density at radius 1 is 1.58 bits per heavy atom. The van der Waals surface area contributed by atoms with Crippen molar-refractivity contribution in [3.63, 3.8) is 0 Å². The maximum absolute atomic E-state index is 6.98. The van der Waals surface area contributed by atoms with E-state index in [4.69, 9.17) is 11.1 Å². The molecule has 1 heterocycles. The molecule has 1 rings (SSSR count). The van der Waals surface area contributed by atoms with Gasteiger partial charge in [0.2, 0.25) is 0 Å². The second-order valence-electron chi connectivity index (χ2n) is 2.42. The lowest BCUT2D eigenvalue weighted by molar-refractivity contribution is 1.06. The van der Waals surface area contributed by atoms with Crippen molar-refractivity contribution in [1.29, 1.82) is 5.41 Å². The molecule has 0 atom stereocenters. The van der Waals surface area contributed by atoms with Crippen molar-refractivity contribution in [2.24, 2.45) is 5.73 Å². The molecule has 0 saturated carbocycles. The molecule has 0 aliphatic rings. The van der Waals surface area contributed by atoms with Crippen molar-refractivity contribution in [3.8, 4) is 0 Å². The van der Waals surface area contributed by atoms with Crippen molar-refractivity contribution in [3.05, 3.63) is 24.4 Å². The molecular formula is C8H12N4. The normalized spacial score (nSPS) is 9.33. The predicted molar refractivity (Wildman–Crippen MR) is 49.3 cm³/mol. The molecule has 0 spiro atoms. The highest BCUT2D eigenvalue weighted by Gasteiger charge is 1.91. The van der Waals surface area contributed by atoms with Crippen LogP contribution in [0.2, 0.25) is 0 Å². The van der Waals surface area contributed by atoms with Crippen LogP contribution in [-0.2, 0) is 0 Å². The van der Waals surface area contributed by atoms with Crippen molar-refractivity contribution in [2.75, 3.05) is 11.9 Å². The number of hydrogen-bond acceptors (Lipinski definition) is 3. The molecule has 4 N–H and O–H groups in total. The molecule has 4 heteroatoms. The number of aromatic nitrogens is 1. The van der Waals surface area contributed by atoms with Crippen LogP contribution < -0.4 is 11.1 Å². The van der Waals surface area contributed by atoms with Gasteiger partial charge < -0.3 is 11.1 Å². The second kappa shape index (κ2) is 4.33. The predicted octanol–water partition coefficient (Wildman–Crippen LogP) is 0.820. The minimum atomic E-state index is 0.193. The van der Waals surface area contributed by atoms with Crippen LogP contribution in [0, 0.1) is 5.41 Å². The van der Waals surface area contributed by atoms with E-state index in [-0.39, 0.29) is 5.84 Å². The van der Waals surface area contributed by atoms with Gasteiger partial charge in [0.1, 0.15) is 5.82 Å². The topological polar surface area (TPSA) is 74.8 Å². The minimum absolute atomic E-state index is 0.193. The molecule has 64 valence electrons. The number of nitrogens with two attached hydrogens (primary N) is 1. The number of anilines is 1. The fourth-order valence-corrected chi connectivity index (χ4v) is 0.793. The van der Waals surface area contributed by atoms with Crippen molar-refractivity contribution >= 4 is 11.7 Å². The lowest BCUT2D eigenvalue weighted by Gasteiger charge is -2.02. The molecule has 0 aliphatic carbocycles. The fourth-order valence-electron chi connectivity index (χ4n) is 0.793. The smallest absolute Gasteiger partial charge is 0.125 e. The van der Waals surface area contributed by atoms with Crippen LogP contribution in [0.25, 0.3) is 0 Å². The van der Waals surface area contributed by atoms with Gasteiger partial charge in [0, 0.05) is 19.2 Å². The van der Waals surface area contributed by atoms with Gasteiger partial charge >= 0.3 is 0 Å². The summed E-state index contributed by atoms with van der Waals surface area (Å²) in [5.74, 6) is 1.01. The highest BCUT2D eigenvalue weighted by Crippen LogP contribution is 1.98. The van der Waals surface area contributed by atoms with Crippen molar-refractivity contribution in [1.82, 2.24) is 4.98 Å². The lowest BCUT2D eigenvalue weighted by atomic mass is 10.4. The van der Waals surface area contributed by atoms with Gasteiger partial charge in [-0.1, -0.05) is 6.07 Å². The first-order valence-electron chi connectivity index (χ1n) is 3.77. The molecule has 4 nitrogen and oxygen atoms in total. The molecule has 0 aromatic carbocycles. The summed E-state index contributed by atoms with van der Waals surface area (Å²) in [6, 6.07) is 5.64. The average molecular weight is 164 g/mol. The van der Waals surface area contributed by atoms with Crippen LogP contribution in [0.5, 0.6) is 0 Å². The molecule has 0 fully saturated rings. The van der Waals surface area contributed by atoms with Crippen molar-refractivity contribution in [2.45, 2.75) is 6.42 Å². The number of pyridine rings is 1. The third-order valence-corrected chi connectivity index (χ3v) is 1.37. The van der Waals surface area contributed by atoms with Gasteiger partial charge in [0.25, 0.3) is 0 Å². The number of rotatable bonds is 4. The first-order valence-corrected chi connectivity index (χ1v) is 3.77.